The van der Waals surface area contributed by atoms with E-state index in [0.717, 1.165) is 31.2 Å². The Bertz CT molecular complexity index is 621. The highest BCUT2D eigenvalue weighted by atomic mass is 32.2. The van der Waals surface area contributed by atoms with E-state index < -0.39 is 10.0 Å². The van der Waals surface area contributed by atoms with Gasteiger partial charge >= 0.3 is 0 Å². The molecule has 122 valence electrons. The highest BCUT2D eigenvalue weighted by Gasteiger charge is 2.43. The van der Waals surface area contributed by atoms with Crippen molar-refractivity contribution in [2.45, 2.75) is 31.8 Å². The summed E-state index contributed by atoms with van der Waals surface area (Å²) in [6, 6.07) is 6.56. The van der Waals surface area contributed by atoms with Gasteiger partial charge < -0.3 is 4.74 Å². The zero-order valence-corrected chi connectivity index (χ0v) is 13.6. The van der Waals surface area contributed by atoms with Crippen LogP contribution in [0.25, 0.3) is 0 Å². The minimum absolute atomic E-state index is 0.117. The lowest BCUT2D eigenvalue weighted by atomic mass is 9.76. The van der Waals surface area contributed by atoms with Gasteiger partial charge in [0.15, 0.2) is 0 Å². The van der Waals surface area contributed by atoms with Crippen molar-refractivity contribution in [1.82, 2.24) is 4.31 Å². The quantitative estimate of drug-likeness (QED) is 0.855. The van der Waals surface area contributed by atoms with E-state index in [1.54, 1.807) is 16.4 Å². The normalized spacial score (nSPS) is 25.6. The molecule has 4 nitrogen and oxygen atoms in total. The van der Waals surface area contributed by atoms with E-state index in [0.29, 0.717) is 19.7 Å². The molecule has 6 heteroatoms. The van der Waals surface area contributed by atoms with Crippen molar-refractivity contribution in [1.29, 1.82) is 0 Å². The molecular weight excluding hydrogens is 305 g/mol. The van der Waals surface area contributed by atoms with Gasteiger partial charge in [-0.05, 0) is 48.8 Å². The van der Waals surface area contributed by atoms with E-state index in [-0.39, 0.29) is 17.3 Å². The van der Waals surface area contributed by atoms with Crippen LogP contribution in [0.5, 0.6) is 0 Å². The molecule has 1 aromatic rings. The summed E-state index contributed by atoms with van der Waals surface area (Å²) in [5, 5.41) is 0. The lowest BCUT2D eigenvalue weighted by Gasteiger charge is -2.37. The largest absolute Gasteiger partial charge is 0.377 e. The third-order valence-corrected chi connectivity index (χ3v) is 6.22. The summed E-state index contributed by atoms with van der Waals surface area (Å²) < 4.78 is 43.6. The van der Waals surface area contributed by atoms with Crippen LogP contribution in [0.4, 0.5) is 4.39 Å². The summed E-state index contributed by atoms with van der Waals surface area (Å²) in [5.74, 6) is -0.222. The number of halogens is 1. The molecule has 2 aliphatic rings. The van der Waals surface area contributed by atoms with E-state index in [1.165, 1.54) is 18.4 Å². The van der Waals surface area contributed by atoms with Crippen LogP contribution < -0.4 is 0 Å². The van der Waals surface area contributed by atoms with E-state index >= 15 is 0 Å². The van der Waals surface area contributed by atoms with Crippen molar-refractivity contribution in [2.24, 2.45) is 5.41 Å². The van der Waals surface area contributed by atoms with Gasteiger partial charge in [-0.25, -0.2) is 17.1 Å². The Hall–Kier alpha value is -0.980. The molecule has 1 aromatic carbocycles. The average Bonchev–Trinajstić information content (AvgIpc) is 2.84. The van der Waals surface area contributed by atoms with Gasteiger partial charge in [0, 0.05) is 13.1 Å². The second-order valence-electron chi connectivity index (χ2n) is 6.63. The molecule has 22 heavy (non-hydrogen) atoms. The molecule has 0 bridgehead atoms. The maximum atomic E-state index is 12.9. The van der Waals surface area contributed by atoms with Crippen LogP contribution in [0.2, 0.25) is 0 Å². The van der Waals surface area contributed by atoms with E-state index in [1.807, 2.05) is 0 Å². The van der Waals surface area contributed by atoms with Gasteiger partial charge in [0.1, 0.15) is 5.82 Å². The molecule has 2 aliphatic heterocycles. The number of benzene rings is 1. The smallest absolute Gasteiger partial charge is 0.211 e. The van der Waals surface area contributed by atoms with Crippen molar-refractivity contribution in [3.63, 3.8) is 0 Å². The Balaban J connectivity index is 1.57. The van der Waals surface area contributed by atoms with Crippen molar-refractivity contribution in [2.75, 3.05) is 26.0 Å². The molecule has 0 saturated carbocycles. The van der Waals surface area contributed by atoms with Crippen LogP contribution in [-0.4, -0.2) is 44.8 Å². The predicted molar refractivity (Wildman–Crippen MR) is 82.5 cm³/mol. The van der Waals surface area contributed by atoms with Crippen LogP contribution in [-0.2, 0) is 21.2 Å². The summed E-state index contributed by atoms with van der Waals surface area (Å²) in [7, 11) is -3.08. The molecular formula is C16H22FNO3S. The number of rotatable bonds is 3. The summed E-state index contributed by atoms with van der Waals surface area (Å²) >= 11 is 0. The molecule has 2 saturated heterocycles. The molecule has 1 spiro atoms. The number of sulfonamides is 1. The number of nitrogens with zero attached hydrogens (tertiary/aromatic N) is 1. The summed E-state index contributed by atoms with van der Waals surface area (Å²) in [6.07, 6.45) is 4.89. The first-order valence-corrected chi connectivity index (χ1v) is 9.52. The van der Waals surface area contributed by atoms with Crippen LogP contribution in [0.3, 0.4) is 0 Å². The Labute approximate surface area is 131 Å². The zero-order chi connectivity index (χ0) is 15.8. The number of piperidine rings is 1. The average molecular weight is 327 g/mol. The van der Waals surface area contributed by atoms with Crippen LogP contribution >= 0.6 is 0 Å². The fourth-order valence-electron chi connectivity index (χ4n) is 3.55. The zero-order valence-electron chi connectivity index (χ0n) is 12.8. The molecule has 2 fully saturated rings. The molecule has 2 heterocycles. The number of ether oxygens (including phenoxy) is 1. The molecule has 0 aromatic heterocycles. The minimum atomic E-state index is -3.08. The second-order valence-corrected chi connectivity index (χ2v) is 8.61. The molecule has 0 aliphatic carbocycles. The van der Waals surface area contributed by atoms with Crippen LogP contribution in [0.15, 0.2) is 24.3 Å². The third-order valence-electron chi connectivity index (χ3n) is 4.91. The van der Waals surface area contributed by atoms with Crippen LogP contribution in [0.1, 0.15) is 24.8 Å². The third kappa shape index (κ3) is 3.50. The number of hydrogen-bond donors (Lipinski definition) is 0. The Morgan fingerprint density at radius 1 is 1.27 bits per heavy atom. The monoisotopic (exact) mass is 327 g/mol. The Morgan fingerprint density at radius 3 is 2.50 bits per heavy atom. The maximum absolute atomic E-state index is 12.9. The van der Waals surface area contributed by atoms with Gasteiger partial charge in [-0.2, -0.15) is 0 Å². The lowest BCUT2D eigenvalue weighted by molar-refractivity contribution is 0.0793. The number of hydrogen-bond acceptors (Lipinski definition) is 3. The van der Waals surface area contributed by atoms with Gasteiger partial charge in [-0.15, -0.1) is 0 Å². The van der Waals surface area contributed by atoms with E-state index in [9.17, 15) is 12.8 Å². The first kappa shape index (κ1) is 15.9. The topological polar surface area (TPSA) is 46.6 Å². The molecule has 0 amide bonds. The predicted octanol–water partition coefficient (Wildman–Crippen LogP) is 2.20. The van der Waals surface area contributed by atoms with Gasteiger partial charge in [0.2, 0.25) is 10.0 Å². The minimum Gasteiger partial charge on any atom is -0.377 e. The molecule has 0 unspecified atom stereocenters. The highest BCUT2D eigenvalue weighted by Crippen LogP contribution is 2.43. The highest BCUT2D eigenvalue weighted by molar-refractivity contribution is 7.88. The Kier molecular flexibility index (Phi) is 4.27. The summed E-state index contributed by atoms with van der Waals surface area (Å²) in [6.45, 7) is 1.88. The Morgan fingerprint density at radius 2 is 1.91 bits per heavy atom. The van der Waals surface area contributed by atoms with Crippen molar-refractivity contribution < 1.29 is 17.5 Å². The lowest BCUT2D eigenvalue weighted by Crippen LogP contribution is -2.43. The van der Waals surface area contributed by atoms with Gasteiger partial charge in [0.25, 0.3) is 0 Å². The van der Waals surface area contributed by atoms with Crippen molar-refractivity contribution in [3.05, 3.63) is 35.6 Å². The SMILES string of the molecule is CS(=O)(=O)N1CCC2(CC1)CO[C@H](Cc1ccc(F)cc1)C2. The first-order chi connectivity index (χ1) is 10.4. The molecule has 0 N–H and O–H groups in total. The molecule has 3 rings (SSSR count). The fourth-order valence-corrected chi connectivity index (χ4v) is 4.40. The van der Waals surface area contributed by atoms with Gasteiger partial charge in [-0.1, -0.05) is 12.1 Å². The second kappa shape index (κ2) is 5.91. The molecule has 1 atom stereocenters. The standard InChI is InChI=1S/C16H22FNO3S/c1-22(19,20)18-8-6-16(7-9-18)11-15(21-12-16)10-13-2-4-14(17)5-3-13/h2-5,15H,6-12H2,1H3/t15-/m1/s1. The fraction of sp³-hybridized carbons (Fsp3) is 0.625. The summed E-state index contributed by atoms with van der Waals surface area (Å²) in [5.41, 5.74) is 1.20. The van der Waals surface area contributed by atoms with E-state index in [4.69, 9.17) is 4.74 Å². The molecule has 0 radical (unpaired) electrons. The van der Waals surface area contributed by atoms with Crippen molar-refractivity contribution >= 4 is 10.0 Å². The van der Waals surface area contributed by atoms with Gasteiger partial charge in [0.05, 0.1) is 19.0 Å². The van der Waals surface area contributed by atoms with E-state index in [2.05, 4.69) is 0 Å². The first-order valence-electron chi connectivity index (χ1n) is 7.68. The summed E-state index contributed by atoms with van der Waals surface area (Å²) in [4.78, 5) is 0. The van der Waals surface area contributed by atoms with Gasteiger partial charge in [-0.3, -0.25) is 0 Å². The van der Waals surface area contributed by atoms with Crippen molar-refractivity contribution in [3.8, 4) is 0 Å². The maximum Gasteiger partial charge on any atom is 0.211 e. The van der Waals surface area contributed by atoms with Crippen LogP contribution in [0, 0.1) is 11.2 Å².